The predicted molar refractivity (Wildman–Crippen MR) is 74.4 cm³/mol. The van der Waals surface area contributed by atoms with E-state index < -0.39 is 10.0 Å². The predicted octanol–water partition coefficient (Wildman–Crippen LogP) is 2.58. The van der Waals surface area contributed by atoms with Crippen molar-refractivity contribution in [1.29, 1.82) is 0 Å². The normalized spacial score (nSPS) is 11.6. The summed E-state index contributed by atoms with van der Waals surface area (Å²) in [5.41, 5.74) is 2.21. The van der Waals surface area contributed by atoms with Gasteiger partial charge in [-0.25, -0.2) is 13.1 Å². The first-order valence-corrected chi connectivity index (χ1v) is 8.08. The highest BCUT2D eigenvalue weighted by Gasteiger charge is 2.12. The molecule has 1 heterocycles. The van der Waals surface area contributed by atoms with Gasteiger partial charge in [0.1, 0.15) is 0 Å². The summed E-state index contributed by atoms with van der Waals surface area (Å²) >= 11 is 1.62. The highest BCUT2D eigenvalue weighted by atomic mass is 32.2. The second-order valence-electron chi connectivity index (χ2n) is 4.09. The van der Waals surface area contributed by atoms with Gasteiger partial charge in [0.15, 0.2) is 0 Å². The third kappa shape index (κ3) is 3.41. The molecule has 2 aromatic rings. The van der Waals surface area contributed by atoms with Gasteiger partial charge in [-0.05, 0) is 47.9 Å². The fraction of sp³-hybridized carbons (Fsp3) is 0.231. The molecule has 18 heavy (non-hydrogen) atoms. The Bertz CT molecular complexity index is 586. The van der Waals surface area contributed by atoms with Gasteiger partial charge in [-0.15, -0.1) is 0 Å². The number of hydrogen-bond donors (Lipinski definition) is 1. The van der Waals surface area contributed by atoms with Crippen molar-refractivity contribution in [3.8, 4) is 0 Å². The van der Waals surface area contributed by atoms with E-state index in [1.807, 2.05) is 23.8 Å². The molecule has 0 fully saturated rings. The van der Waals surface area contributed by atoms with Crippen LogP contribution in [0.2, 0.25) is 0 Å². The lowest BCUT2D eigenvalue weighted by Gasteiger charge is -2.06. The second-order valence-corrected chi connectivity index (χ2v) is 6.64. The van der Waals surface area contributed by atoms with E-state index in [4.69, 9.17) is 0 Å². The minimum atomic E-state index is -3.38. The van der Waals surface area contributed by atoms with Crippen LogP contribution in [0, 0.1) is 6.92 Å². The minimum Gasteiger partial charge on any atom is -0.211 e. The molecule has 2 rings (SSSR count). The van der Waals surface area contributed by atoms with E-state index in [-0.39, 0.29) is 0 Å². The van der Waals surface area contributed by atoms with Crippen LogP contribution in [0.15, 0.2) is 46.0 Å². The van der Waals surface area contributed by atoms with E-state index >= 15 is 0 Å². The summed E-state index contributed by atoms with van der Waals surface area (Å²) in [6, 6.07) is 8.86. The number of thiophene rings is 1. The lowest BCUT2D eigenvalue weighted by atomic mass is 10.2. The van der Waals surface area contributed by atoms with E-state index in [9.17, 15) is 8.42 Å². The molecule has 0 bridgehead atoms. The Labute approximate surface area is 112 Å². The molecule has 1 aromatic carbocycles. The Hall–Kier alpha value is -1.17. The summed E-state index contributed by atoms with van der Waals surface area (Å²) in [7, 11) is -3.38. The van der Waals surface area contributed by atoms with E-state index in [1.54, 1.807) is 35.6 Å². The van der Waals surface area contributed by atoms with E-state index in [0.717, 1.165) is 11.1 Å². The summed E-state index contributed by atoms with van der Waals surface area (Å²) in [5, 5.41) is 4.02. The monoisotopic (exact) mass is 281 g/mol. The molecule has 3 nitrogen and oxygen atoms in total. The maximum atomic E-state index is 12.0. The van der Waals surface area contributed by atoms with E-state index in [0.29, 0.717) is 17.9 Å². The average Bonchev–Trinajstić information content (AvgIpc) is 2.82. The Kier molecular flexibility index (Phi) is 4.16. The number of aryl methyl sites for hydroxylation is 1. The average molecular weight is 281 g/mol. The largest absolute Gasteiger partial charge is 0.240 e. The zero-order valence-electron chi connectivity index (χ0n) is 10.1. The van der Waals surface area contributed by atoms with Crippen LogP contribution in [-0.2, 0) is 16.4 Å². The van der Waals surface area contributed by atoms with Crippen LogP contribution >= 0.6 is 11.3 Å². The first kappa shape index (κ1) is 13.3. The summed E-state index contributed by atoms with van der Waals surface area (Å²) < 4.78 is 26.5. The molecule has 1 N–H and O–H groups in total. The first-order chi connectivity index (χ1) is 8.58. The number of nitrogens with one attached hydrogen (secondary N) is 1. The van der Waals surface area contributed by atoms with Crippen LogP contribution in [0.5, 0.6) is 0 Å². The fourth-order valence-corrected chi connectivity index (χ4v) is 3.30. The van der Waals surface area contributed by atoms with Crippen LogP contribution in [-0.4, -0.2) is 15.0 Å². The quantitative estimate of drug-likeness (QED) is 0.915. The molecule has 0 radical (unpaired) electrons. The standard InChI is InChI=1S/C13H15NO2S2/c1-11-2-4-13(5-3-11)18(15,16)14-8-6-12-7-9-17-10-12/h2-5,7,9-10,14H,6,8H2,1H3. The van der Waals surface area contributed by atoms with Gasteiger partial charge in [-0.2, -0.15) is 11.3 Å². The molecule has 1 aromatic heterocycles. The highest BCUT2D eigenvalue weighted by Crippen LogP contribution is 2.10. The van der Waals surface area contributed by atoms with Gasteiger partial charge >= 0.3 is 0 Å². The lowest BCUT2D eigenvalue weighted by molar-refractivity contribution is 0.581. The summed E-state index contributed by atoms with van der Waals surface area (Å²) in [5.74, 6) is 0. The van der Waals surface area contributed by atoms with Gasteiger partial charge in [0.25, 0.3) is 0 Å². The third-order valence-corrected chi connectivity index (χ3v) is 4.83. The topological polar surface area (TPSA) is 46.2 Å². The molecule has 0 unspecified atom stereocenters. The van der Waals surface area contributed by atoms with Gasteiger partial charge in [0.2, 0.25) is 10.0 Å². The van der Waals surface area contributed by atoms with Crippen LogP contribution in [0.3, 0.4) is 0 Å². The van der Waals surface area contributed by atoms with Gasteiger partial charge in [-0.1, -0.05) is 17.7 Å². The molecule has 0 saturated carbocycles. The third-order valence-electron chi connectivity index (χ3n) is 2.62. The molecule has 0 spiro atoms. The highest BCUT2D eigenvalue weighted by molar-refractivity contribution is 7.89. The Morgan fingerprint density at radius 2 is 1.89 bits per heavy atom. The number of rotatable bonds is 5. The molecule has 0 saturated heterocycles. The van der Waals surface area contributed by atoms with Crippen molar-refractivity contribution in [2.45, 2.75) is 18.2 Å². The molecule has 0 amide bonds. The fourth-order valence-electron chi connectivity index (χ4n) is 1.57. The van der Waals surface area contributed by atoms with Crippen molar-refractivity contribution in [3.05, 3.63) is 52.2 Å². The molecular formula is C13H15NO2S2. The molecule has 0 atom stereocenters. The summed E-state index contributed by atoms with van der Waals surface area (Å²) in [4.78, 5) is 0.318. The summed E-state index contributed by atoms with van der Waals surface area (Å²) in [6.07, 6.45) is 0.717. The van der Waals surface area contributed by atoms with Gasteiger partial charge in [0, 0.05) is 6.54 Å². The maximum absolute atomic E-state index is 12.0. The van der Waals surface area contributed by atoms with Gasteiger partial charge in [-0.3, -0.25) is 0 Å². The van der Waals surface area contributed by atoms with E-state index in [1.165, 1.54) is 0 Å². The van der Waals surface area contributed by atoms with Crippen molar-refractivity contribution >= 4 is 21.4 Å². The SMILES string of the molecule is Cc1ccc(S(=O)(=O)NCCc2ccsc2)cc1. The minimum absolute atomic E-state index is 0.318. The molecular weight excluding hydrogens is 266 g/mol. The zero-order valence-corrected chi connectivity index (χ0v) is 11.7. The number of hydrogen-bond acceptors (Lipinski definition) is 3. The van der Waals surface area contributed by atoms with E-state index in [2.05, 4.69) is 4.72 Å². The van der Waals surface area contributed by atoms with Crippen molar-refractivity contribution < 1.29 is 8.42 Å². The van der Waals surface area contributed by atoms with Crippen LogP contribution in [0.1, 0.15) is 11.1 Å². The lowest BCUT2D eigenvalue weighted by Crippen LogP contribution is -2.25. The van der Waals surface area contributed by atoms with Gasteiger partial charge < -0.3 is 0 Å². The number of benzene rings is 1. The Morgan fingerprint density at radius 1 is 1.17 bits per heavy atom. The molecule has 5 heteroatoms. The Morgan fingerprint density at radius 3 is 2.50 bits per heavy atom. The maximum Gasteiger partial charge on any atom is 0.240 e. The molecule has 96 valence electrons. The second kappa shape index (κ2) is 5.65. The van der Waals surface area contributed by atoms with Crippen LogP contribution < -0.4 is 4.72 Å². The Balaban J connectivity index is 1.97. The molecule has 0 aliphatic rings. The molecule has 0 aliphatic carbocycles. The van der Waals surface area contributed by atoms with Crippen LogP contribution in [0.4, 0.5) is 0 Å². The van der Waals surface area contributed by atoms with Crippen molar-refractivity contribution in [3.63, 3.8) is 0 Å². The van der Waals surface area contributed by atoms with Crippen molar-refractivity contribution in [2.24, 2.45) is 0 Å². The molecule has 0 aliphatic heterocycles. The summed E-state index contributed by atoms with van der Waals surface area (Å²) in [6.45, 7) is 2.35. The van der Waals surface area contributed by atoms with Gasteiger partial charge in [0.05, 0.1) is 4.90 Å². The van der Waals surface area contributed by atoms with Crippen LogP contribution in [0.25, 0.3) is 0 Å². The first-order valence-electron chi connectivity index (χ1n) is 5.65. The van der Waals surface area contributed by atoms with Crippen molar-refractivity contribution in [1.82, 2.24) is 4.72 Å². The zero-order chi connectivity index (χ0) is 13.0. The smallest absolute Gasteiger partial charge is 0.211 e. The number of sulfonamides is 1. The van der Waals surface area contributed by atoms with Crippen molar-refractivity contribution in [2.75, 3.05) is 6.54 Å².